The van der Waals surface area contributed by atoms with Crippen LogP contribution >= 0.6 is 11.3 Å². The molecule has 1 amide bonds. The largest absolute Gasteiger partial charge is 0.369 e. The number of hydrogen-bond donors (Lipinski definition) is 2. The quantitative estimate of drug-likeness (QED) is 0.682. The van der Waals surface area contributed by atoms with Crippen molar-refractivity contribution in [2.24, 2.45) is 0 Å². The standard InChI is InChI=1S/C19H22N6OS/c1-2-20-16-15-17(23-12-22-16)24-19(27-15)25-10-6-9-14(25)18(26)21-11-13-7-4-3-5-8-13/h3-5,7-8,12,14H,2,6,9-11H2,1H3,(H,21,26)(H,20,22,23)/t14-/m1/s1. The van der Waals surface area contributed by atoms with Crippen LogP contribution < -0.4 is 15.5 Å². The van der Waals surface area contributed by atoms with E-state index in [0.717, 1.165) is 47.1 Å². The second-order valence-electron chi connectivity index (χ2n) is 6.46. The molecule has 1 atom stereocenters. The van der Waals surface area contributed by atoms with E-state index in [0.29, 0.717) is 12.2 Å². The summed E-state index contributed by atoms with van der Waals surface area (Å²) in [5.41, 5.74) is 1.78. The Hall–Kier alpha value is -2.74. The van der Waals surface area contributed by atoms with Gasteiger partial charge in [-0.05, 0) is 25.3 Å². The second-order valence-corrected chi connectivity index (χ2v) is 7.43. The molecule has 1 aromatic carbocycles. The Kier molecular flexibility index (Phi) is 5.15. The summed E-state index contributed by atoms with van der Waals surface area (Å²) in [4.78, 5) is 28.1. The lowest BCUT2D eigenvalue weighted by molar-refractivity contribution is -0.122. The van der Waals surface area contributed by atoms with Gasteiger partial charge in [-0.25, -0.2) is 9.97 Å². The molecule has 27 heavy (non-hydrogen) atoms. The summed E-state index contributed by atoms with van der Waals surface area (Å²) in [7, 11) is 0. The van der Waals surface area contributed by atoms with Crippen LogP contribution in [0.25, 0.3) is 10.3 Å². The van der Waals surface area contributed by atoms with E-state index in [2.05, 4.69) is 30.5 Å². The number of anilines is 2. The number of carbonyl (C=O) groups excluding carboxylic acids is 1. The van der Waals surface area contributed by atoms with Crippen LogP contribution in [0.3, 0.4) is 0 Å². The predicted molar refractivity (Wildman–Crippen MR) is 108 cm³/mol. The first-order valence-electron chi connectivity index (χ1n) is 9.20. The zero-order valence-corrected chi connectivity index (χ0v) is 16.0. The number of nitrogens with one attached hydrogen (secondary N) is 2. The van der Waals surface area contributed by atoms with Gasteiger partial charge < -0.3 is 15.5 Å². The van der Waals surface area contributed by atoms with Crippen molar-refractivity contribution in [1.29, 1.82) is 0 Å². The van der Waals surface area contributed by atoms with Gasteiger partial charge in [0.05, 0.1) is 0 Å². The lowest BCUT2D eigenvalue weighted by atomic mass is 10.2. The monoisotopic (exact) mass is 382 g/mol. The summed E-state index contributed by atoms with van der Waals surface area (Å²) in [5.74, 6) is 0.851. The number of fused-ring (bicyclic) bond motifs is 1. The van der Waals surface area contributed by atoms with Gasteiger partial charge in [-0.3, -0.25) is 4.79 Å². The third-order valence-electron chi connectivity index (χ3n) is 4.63. The first-order valence-corrected chi connectivity index (χ1v) is 10.0. The van der Waals surface area contributed by atoms with E-state index in [1.165, 1.54) is 6.33 Å². The molecule has 1 fully saturated rings. The average Bonchev–Trinajstić information content (AvgIpc) is 3.34. The van der Waals surface area contributed by atoms with Gasteiger partial charge in [-0.15, -0.1) is 0 Å². The molecule has 0 radical (unpaired) electrons. The zero-order chi connectivity index (χ0) is 18.6. The minimum absolute atomic E-state index is 0.0496. The van der Waals surface area contributed by atoms with Gasteiger partial charge in [0, 0.05) is 19.6 Å². The Morgan fingerprint density at radius 3 is 2.96 bits per heavy atom. The van der Waals surface area contributed by atoms with Crippen LogP contribution in [0, 0.1) is 0 Å². The summed E-state index contributed by atoms with van der Waals surface area (Å²) in [6.45, 7) is 4.18. The van der Waals surface area contributed by atoms with Crippen LogP contribution in [-0.2, 0) is 11.3 Å². The molecular weight excluding hydrogens is 360 g/mol. The first-order chi connectivity index (χ1) is 13.3. The Balaban J connectivity index is 1.51. The second kappa shape index (κ2) is 7.87. The molecular formula is C19H22N6OS. The molecule has 1 aliphatic rings. The Bertz CT molecular complexity index is 928. The van der Waals surface area contributed by atoms with Crippen LogP contribution in [0.4, 0.5) is 10.9 Å². The Labute approximate surface area is 161 Å². The van der Waals surface area contributed by atoms with Crippen LogP contribution in [0.2, 0.25) is 0 Å². The van der Waals surface area contributed by atoms with Crippen molar-refractivity contribution < 1.29 is 4.79 Å². The molecule has 0 saturated carbocycles. The van der Waals surface area contributed by atoms with Crippen molar-refractivity contribution in [3.8, 4) is 0 Å². The van der Waals surface area contributed by atoms with Crippen molar-refractivity contribution >= 4 is 38.5 Å². The molecule has 0 aliphatic carbocycles. The third-order valence-corrected chi connectivity index (χ3v) is 5.72. The summed E-state index contributed by atoms with van der Waals surface area (Å²) in [6.07, 6.45) is 3.34. The molecule has 3 heterocycles. The predicted octanol–water partition coefficient (Wildman–Crippen LogP) is 2.80. The zero-order valence-electron chi connectivity index (χ0n) is 15.2. The van der Waals surface area contributed by atoms with E-state index >= 15 is 0 Å². The molecule has 7 nitrogen and oxygen atoms in total. The fourth-order valence-corrected chi connectivity index (χ4v) is 4.39. The summed E-state index contributed by atoms with van der Waals surface area (Å²) < 4.78 is 0.935. The van der Waals surface area contributed by atoms with E-state index in [1.807, 2.05) is 37.3 Å². The maximum absolute atomic E-state index is 12.8. The van der Waals surface area contributed by atoms with Gasteiger partial charge in [-0.2, -0.15) is 4.98 Å². The Morgan fingerprint density at radius 2 is 2.15 bits per heavy atom. The van der Waals surface area contributed by atoms with Crippen LogP contribution in [-0.4, -0.2) is 40.0 Å². The van der Waals surface area contributed by atoms with Gasteiger partial charge in [0.2, 0.25) is 5.91 Å². The van der Waals surface area contributed by atoms with Crippen LogP contribution in [0.15, 0.2) is 36.7 Å². The molecule has 0 unspecified atom stereocenters. The maximum atomic E-state index is 12.8. The summed E-state index contributed by atoms with van der Waals surface area (Å²) in [5, 5.41) is 7.15. The van der Waals surface area contributed by atoms with Crippen LogP contribution in [0.1, 0.15) is 25.3 Å². The first kappa shape index (κ1) is 17.7. The van der Waals surface area contributed by atoms with Gasteiger partial charge in [0.1, 0.15) is 22.9 Å². The summed E-state index contributed by atoms with van der Waals surface area (Å²) in [6, 6.07) is 9.77. The number of rotatable bonds is 6. The van der Waals surface area contributed by atoms with Gasteiger partial charge >= 0.3 is 0 Å². The van der Waals surface area contributed by atoms with Crippen molar-refractivity contribution in [2.75, 3.05) is 23.3 Å². The van der Waals surface area contributed by atoms with Crippen molar-refractivity contribution in [2.45, 2.75) is 32.4 Å². The molecule has 140 valence electrons. The lowest BCUT2D eigenvalue weighted by Crippen LogP contribution is -2.43. The lowest BCUT2D eigenvalue weighted by Gasteiger charge is -2.23. The van der Waals surface area contributed by atoms with E-state index in [1.54, 1.807) is 11.3 Å². The smallest absolute Gasteiger partial charge is 0.243 e. The number of carbonyl (C=O) groups is 1. The number of thiazole rings is 1. The molecule has 0 bridgehead atoms. The molecule has 2 aromatic heterocycles. The molecule has 3 aromatic rings. The SMILES string of the molecule is CCNc1ncnc2nc(N3CCC[C@@H]3C(=O)NCc3ccccc3)sc12. The number of benzene rings is 1. The van der Waals surface area contributed by atoms with Crippen LogP contribution in [0.5, 0.6) is 0 Å². The van der Waals surface area contributed by atoms with Gasteiger partial charge in [0.25, 0.3) is 0 Å². The number of aromatic nitrogens is 3. The average molecular weight is 382 g/mol. The highest BCUT2D eigenvalue weighted by Gasteiger charge is 2.33. The fraction of sp³-hybridized carbons (Fsp3) is 0.368. The minimum atomic E-state index is -0.190. The molecule has 4 rings (SSSR count). The van der Waals surface area contributed by atoms with Crippen molar-refractivity contribution in [1.82, 2.24) is 20.3 Å². The highest BCUT2D eigenvalue weighted by molar-refractivity contribution is 7.22. The summed E-state index contributed by atoms with van der Waals surface area (Å²) >= 11 is 1.54. The molecule has 1 saturated heterocycles. The molecule has 8 heteroatoms. The normalized spacial score (nSPS) is 16.6. The van der Waals surface area contributed by atoms with Gasteiger partial charge in [0.15, 0.2) is 10.8 Å². The van der Waals surface area contributed by atoms with E-state index in [-0.39, 0.29) is 11.9 Å². The van der Waals surface area contributed by atoms with Gasteiger partial charge in [-0.1, -0.05) is 41.7 Å². The number of amides is 1. The maximum Gasteiger partial charge on any atom is 0.243 e. The molecule has 1 aliphatic heterocycles. The van der Waals surface area contributed by atoms with Crippen molar-refractivity contribution in [3.63, 3.8) is 0 Å². The highest BCUT2D eigenvalue weighted by atomic mass is 32.1. The van der Waals surface area contributed by atoms with E-state index in [4.69, 9.17) is 0 Å². The number of nitrogens with zero attached hydrogens (tertiary/aromatic N) is 4. The Morgan fingerprint density at radius 1 is 1.30 bits per heavy atom. The molecule has 2 N–H and O–H groups in total. The van der Waals surface area contributed by atoms with Crippen molar-refractivity contribution in [3.05, 3.63) is 42.2 Å². The minimum Gasteiger partial charge on any atom is -0.369 e. The third kappa shape index (κ3) is 3.71. The topological polar surface area (TPSA) is 83.0 Å². The van der Waals surface area contributed by atoms with E-state index in [9.17, 15) is 4.79 Å². The van der Waals surface area contributed by atoms with E-state index < -0.39 is 0 Å². The highest BCUT2D eigenvalue weighted by Crippen LogP contribution is 2.35. The fourth-order valence-electron chi connectivity index (χ4n) is 3.33. The molecule has 0 spiro atoms. The number of hydrogen-bond acceptors (Lipinski definition) is 7.